The summed E-state index contributed by atoms with van der Waals surface area (Å²) >= 11 is 6.13. The molecule has 0 radical (unpaired) electrons. The van der Waals surface area contributed by atoms with Crippen LogP contribution < -0.4 is 4.74 Å². The van der Waals surface area contributed by atoms with E-state index in [1.807, 2.05) is 36.4 Å². The number of nitrogens with zero attached hydrogens (tertiary/aromatic N) is 3. The first-order valence-corrected chi connectivity index (χ1v) is 11.5. The van der Waals surface area contributed by atoms with Crippen LogP contribution in [0.1, 0.15) is 17.5 Å². The maximum absolute atomic E-state index is 6.13. The van der Waals surface area contributed by atoms with Crippen LogP contribution in [-0.2, 0) is 0 Å². The van der Waals surface area contributed by atoms with Crippen LogP contribution in [-0.4, -0.2) is 47.1 Å². The summed E-state index contributed by atoms with van der Waals surface area (Å²) in [5.74, 6) is 1.71. The number of pyridine rings is 1. The van der Waals surface area contributed by atoms with E-state index >= 15 is 0 Å². The van der Waals surface area contributed by atoms with Gasteiger partial charge < -0.3 is 14.6 Å². The number of hydrogen-bond donors (Lipinski definition) is 1. The highest BCUT2D eigenvalue weighted by atomic mass is 35.5. The summed E-state index contributed by atoms with van der Waals surface area (Å²) in [5.41, 5.74) is 7.15. The SMILES string of the molecule is Cc1ccc(OCCCN(C)C)c(C)c1-c1nc(-c2ccncc2)c(-c2ccc(Cl)cc2)[nH]1. The molecule has 5 nitrogen and oxygen atoms in total. The molecule has 0 aliphatic carbocycles. The Morgan fingerprint density at radius 3 is 2.36 bits per heavy atom. The maximum Gasteiger partial charge on any atom is 0.139 e. The predicted molar refractivity (Wildman–Crippen MR) is 136 cm³/mol. The van der Waals surface area contributed by atoms with Gasteiger partial charge in [-0.25, -0.2) is 4.98 Å². The van der Waals surface area contributed by atoms with Gasteiger partial charge in [-0.15, -0.1) is 0 Å². The van der Waals surface area contributed by atoms with E-state index in [-0.39, 0.29) is 0 Å². The van der Waals surface area contributed by atoms with Gasteiger partial charge in [-0.2, -0.15) is 0 Å². The zero-order valence-electron chi connectivity index (χ0n) is 19.5. The standard InChI is InChI=1S/C27H29ClN4O/c1-18-6-11-23(33-17-5-16-32(3)4)19(2)24(18)27-30-25(20-7-9-22(28)10-8-20)26(31-27)21-12-14-29-15-13-21/h6-15H,5,16-17H2,1-4H3,(H,30,31). The number of aromatic nitrogens is 3. The minimum atomic E-state index is 0.679. The lowest BCUT2D eigenvalue weighted by Gasteiger charge is -2.15. The molecule has 0 saturated heterocycles. The molecule has 0 aliphatic heterocycles. The minimum absolute atomic E-state index is 0.679. The summed E-state index contributed by atoms with van der Waals surface area (Å²) in [6.07, 6.45) is 4.55. The third kappa shape index (κ3) is 5.27. The highest BCUT2D eigenvalue weighted by molar-refractivity contribution is 6.30. The topological polar surface area (TPSA) is 54.0 Å². The largest absolute Gasteiger partial charge is 0.493 e. The van der Waals surface area contributed by atoms with Crippen LogP contribution in [0.5, 0.6) is 5.75 Å². The number of nitrogens with one attached hydrogen (secondary N) is 1. The fourth-order valence-electron chi connectivity index (χ4n) is 3.95. The molecule has 6 heteroatoms. The summed E-state index contributed by atoms with van der Waals surface area (Å²) < 4.78 is 6.13. The molecule has 0 unspecified atom stereocenters. The predicted octanol–water partition coefficient (Wildman–Crippen LogP) is 6.41. The second-order valence-electron chi connectivity index (χ2n) is 8.44. The molecule has 0 fully saturated rings. The van der Waals surface area contributed by atoms with Crippen molar-refractivity contribution in [2.24, 2.45) is 0 Å². The highest BCUT2D eigenvalue weighted by Crippen LogP contribution is 2.37. The molecular formula is C27H29ClN4O. The fraction of sp³-hybridized carbons (Fsp3) is 0.259. The Balaban J connectivity index is 1.76. The van der Waals surface area contributed by atoms with Crippen molar-refractivity contribution in [3.8, 4) is 39.7 Å². The van der Waals surface area contributed by atoms with E-state index in [0.29, 0.717) is 11.6 Å². The van der Waals surface area contributed by atoms with E-state index in [1.54, 1.807) is 12.4 Å². The molecule has 0 atom stereocenters. The third-order valence-electron chi connectivity index (χ3n) is 5.66. The molecule has 2 aromatic carbocycles. The Morgan fingerprint density at radius 2 is 1.67 bits per heavy atom. The molecule has 4 rings (SSSR count). The molecule has 0 bridgehead atoms. The van der Waals surface area contributed by atoms with Crippen LogP contribution in [0.25, 0.3) is 33.9 Å². The second kappa shape index (κ2) is 10.2. The fourth-order valence-corrected chi connectivity index (χ4v) is 4.07. The number of aryl methyl sites for hydroxylation is 1. The Morgan fingerprint density at radius 1 is 0.939 bits per heavy atom. The van der Waals surface area contributed by atoms with Crippen LogP contribution in [0.15, 0.2) is 60.9 Å². The molecule has 0 spiro atoms. The van der Waals surface area contributed by atoms with Gasteiger partial charge in [-0.3, -0.25) is 4.98 Å². The number of H-pyrrole nitrogens is 1. The first-order valence-electron chi connectivity index (χ1n) is 11.1. The van der Waals surface area contributed by atoms with Gasteiger partial charge in [0, 0.05) is 46.2 Å². The van der Waals surface area contributed by atoms with Crippen molar-refractivity contribution in [2.45, 2.75) is 20.3 Å². The summed E-state index contributed by atoms with van der Waals surface area (Å²) in [4.78, 5) is 15.0. The number of rotatable bonds is 8. The van der Waals surface area contributed by atoms with Crippen molar-refractivity contribution in [1.29, 1.82) is 0 Å². The van der Waals surface area contributed by atoms with Gasteiger partial charge in [0.25, 0.3) is 0 Å². The van der Waals surface area contributed by atoms with Gasteiger partial charge in [0.2, 0.25) is 0 Å². The van der Waals surface area contributed by atoms with E-state index in [4.69, 9.17) is 21.3 Å². The molecule has 0 aliphatic rings. The van der Waals surface area contributed by atoms with Crippen molar-refractivity contribution in [3.63, 3.8) is 0 Å². The normalized spacial score (nSPS) is 11.2. The number of hydrogen-bond acceptors (Lipinski definition) is 4. The van der Waals surface area contributed by atoms with Crippen molar-refractivity contribution >= 4 is 11.6 Å². The zero-order chi connectivity index (χ0) is 23.4. The van der Waals surface area contributed by atoms with E-state index < -0.39 is 0 Å². The second-order valence-corrected chi connectivity index (χ2v) is 8.87. The Hall–Kier alpha value is -3.15. The van der Waals surface area contributed by atoms with Gasteiger partial charge in [-0.05, 0) is 70.3 Å². The highest BCUT2D eigenvalue weighted by Gasteiger charge is 2.19. The van der Waals surface area contributed by atoms with Crippen LogP contribution >= 0.6 is 11.6 Å². The van der Waals surface area contributed by atoms with Gasteiger partial charge in [0.05, 0.1) is 18.0 Å². The maximum atomic E-state index is 6.13. The number of ether oxygens (including phenoxy) is 1. The molecule has 4 aromatic rings. The smallest absolute Gasteiger partial charge is 0.139 e. The lowest BCUT2D eigenvalue weighted by molar-refractivity contribution is 0.280. The average Bonchev–Trinajstić information content (AvgIpc) is 3.24. The molecule has 170 valence electrons. The number of benzene rings is 2. The first-order chi connectivity index (χ1) is 15.9. The molecule has 1 N–H and O–H groups in total. The van der Waals surface area contributed by atoms with Crippen LogP contribution in [0.2, 0.25) is 5.02 Å². The molecule has 0 saturated carbocycles. The van der Waals surface area contributed by atoms with Crippen LogP contribution in [0, 0.1) is 13.8 Å². The summed E-state index contributed by atoms with van der Waals surface area (Å²) in [5, 5.41) is 0.703. The van der Waals surface area contributed by atoms with E-state index in [0.717, 1.165) is 63.7 Å². The number of imidazole rings is 1. The summed E-state index contributed by atoms with van der Waals surface area (Å²) in [6, 6.07) is 15.9. The average molecular weight is 461 g/mol. The minimum Gasteiger partial charge on any atom is -0.493 e. The van der Waals surface area contributed by atoms with Gasteiger partial charge in [-0.1, -0.05) is 29.8 Å². The molecular weight excluding hydrogens is 432 g/mol. The van der Waals surface area contributed by atoms with Crippen LogP contribution in [0.3, 0.4) is 0 Å². The lowest BCUT2D eigenvalue weighted by atomic mass is 10.0. The molecule has 0 amide bonds. The van der Waals surface area contributed by atoms with Crippen molar-refractivity contribution in [2.75, 3.05) is 27.2 Å². The number of aromatic amines is 1. The van der Waals surface area contributed by atoms with Gasteiger partial charge >= 0.3 is 0 Å². The zero-order valence-corrected chi connectivity index (χ0v) is 20.3. The van der Waals surface area contributed by atoms with E-state index in [9.17, 15) is 0 Å². The van der Waals surface area contributed by atoms with Gasteiger partial charge in [0.15, 0.2) is 0 Å². The van der Waals surface area contributed by atoms with Gasteiger partial charge in [0.1, 0.15) is 11.6 Å². The van der Waals surface area contributed by atoms with E-state index in [2.05, 4.69) is 54.9 Å². The molecule has 2 aromatic heterocycles. The Bertz CT molecular complexity index is 1220. The summed E-state index contributed by atoms with van der Waals surface area (Å²) in [6.45, 7) is 5.88. The quantitative estimate of drug-likeness (QED) is 0.309. The first kappa shape index (κ1) is 23.0. The third-order valence-corrected chi connectivity index (χ3v) is 5.91. The monoisotopic (exact) mass is 460 g/mol. The van der Waals surface area contributed by atoms with Crippen molar-refractivity contribution < 1.29 is 4.74 Å². The summed E-state index contributed by atoms with van der Waals surface area (Å²) in [7, 11) is 4.15. The lowest BCUT2D eigenvalue weighted by Crippen LogP contribution is -2.15. The molecule has 2 heterocycles. The van der Waals surface area contributed by atoms with Crippen molar-refractivity contribution in [1.82, 2.24) is 19.9 Å². The van der Waals surface area contributed by atoms with Crippen molar-refractivity contribution in [3.05, 3.63) is 77.1 Å². The van der Waals surface area contributed by atoms with Crippen LogP contribution in [0.4, 0.5) is 0 Å². The van der Waals surface area contributed by atoms with E-state index in [1.165, 1.54) is 0 Å². The molecule has 33 heavy (non-hydrogen) atoms. The number of halogens is 1. The Labute approximate surface area is 200 Å². The Kier molecular flexibility index (Phi) is 7.11.